The number of aromatic nitrogens is 1. The van der Waals surface area contributed by atoms with E-state index in [1.54, 1.807) is 6.07 Å². The number of fused-ring (bicyclic) bond motifs is 2. The number of nitrogens with zero attached hydrogens (tertiary/aromatic N) is 1. The zero-order chi connectivity index (χ0) is 20.5. The molecule has 4 aromatic carbocycles. The fraction of sp³-hybridized carbons (Fsp3) is 0.0769. The van der Waals surface area contributed by atoms with E-state index in [-0.39, 0.29) is 0 Å². The monoisotopic (exact) mass is 430 g/mol. The van der Waals surface area contributed by atoms with E-state index in [0.717, 1.165) is 17.8 Å². The van der Waals surface area contributed by atoms with Crippen LogP contribution in [-0.4, -0.2) is 4.57 Å². The van der Waals surface area contributed by atoms with Crippen LogP contribution >= 0.6 is 23.2 Å². The maximum atomic E-state index is 6.42. The second-order valence-electron chi connectivity index (χ2n) is 7.42. The third kappa shape index (κ3) is 3.65. The van der Waals surface area contributed by atoms with Crippen LogP contribution in [0.15, 0.2) is 91.1 Å². The van der Waals surface area contributed by atoms with Gasteiger partial charge in [0, 0.05) is 51.3 Å². The highest BCUT2D eigenvalue weighted by molar-refractivity contribution is 6.35. The van der Waals surface area contributed by atoms with Crippen LogP contribution in [0, 0.1) is 0 Å². The third-order valence-electron chi connectivity index (χ3n) is 5.49. The summed E-state index contributed by atoms with van der Waals surface area (Å²) in [6.45, 7) is 1.45. The molecule has 0 amide bonds. The number of anilines is 1. The normalized spacial score (nSPS) is 11.3. The first kappa shape index (κ1) is 19.0. The molecule has 1 N–H and O–H groups in total. The maximum Gasteiger partial charge on any atom is 0.0491 e. The second-order valence-corrected chi connectivity index (χ2v) is 8.26. The van der Waals surface area contributed by atoms with Crippen molar-refractivity contribution in [3.05, 3.63) is 112 Å². The Bertz CT molecular complexity index is 1350. The Morgan fingerprint density at radius 3 is 2.37 bits per heavy atom. The van der Waals surface area contributed by atoms with Gasteiger partial charge in [0.1, 0.15) is 0 Å². The van der Waals surface area contributed by atoms with Gasteiger partial charge in [-0.25, -0.2) is 0 Å². The van der Waals surface area contributed by atoms with Crippen LogP contribution in [0.4, 0.5) is 5.69 Å². The van der Waals surface area contributed by atoms with Crippen LogP contribution in [0.5, 0.6) is 0 Å². The SMILES string of the molecule is Clc1ccc(Cn2cc(CNc3cccc4ccccc34)c3ccccc32)c(Cl)c1. The minimum Gasteiger partial charge on any atom is -0.380 e. The first-order valence-electron chi connectivity index (χ1n) is 9.91. The van der Waals surface area contributed by atoms with Crippen molar-refractivity contribution in [1.82, 2.24) is 4.57 Å². The van der Waals surface area contributed by atoms with Crippen molar-refractivity contribution in [2.24, 2.45) is 0 Å². The van der Waals surface area contributed by atoms with Gasteiger partial charge < -0.3 is 9.88 Å². The van der Waals surface area contributed by atoms with Crippen molar-refractivity contribution in [3.63, 3.8) is 0 Å². The number of halogens is 2. The van der Waals surface area contributed by atoms with Crippen molar-refractivity contribution >= 4 is 50.6 Å². The number of rotatable bonds is 5. The standard InChI is InChI=1S/C26H20Cl2N2/c27-21-13-12-19(24(28)14-21)16-30-17-20(23-9-3-4-11-26(23)30)15-29-25-10-5-7-18-6-1-2-8-22(18)25/h1-14,17,29H,15-16H2. The van der Waals surface area contributed by atoms with Gasteiger partial charge in [-0.05, 0) is 40.8 Å². The molecule has 2 nitrogen and oxygen atoms in total. The summed E-state index contributed by atoms with van der Waals surface area (Å²) in [4.78, 5) is 0. The Morgan fingerprint density at radius 2 is 1.50 bits per heavy atom. The average Bonchev–Trinajstić information content (AvgIpc) is 3.12. The van der Waals surface area contributed by atoms with Crippen LogP contribution in [0.25, 0.3) is 21.7 Å². The molecule has 0 radical (unpaired) electrons. The van der Waals surface area contributed by atoms with Gasteiger partial charge in [0.15, 0.2) is 0 Å². The molecule has 0 spiro atoms. The summed E-state index contributed by atoms with van der Waals surface area (Å²) in [5.74, 6) is 0. The lowest BCUT2D eigenvalue weighted by Gasteiger charge is -2.09. The molecular formula is C26H20Cl2N2. The average molecular weight is 431 g/mol. The van der Waals surface area contributed by atoms with Crippen LogP contribution in [0.1, 0.15) is 11.1 Å². The van der Waals surface area contributed by atoms with E-state index >= 15 is 0 Å². The Morgan fingerprint density at radius 1 is 0.733 bits per heavy atom. The number of hydrogen-bond acceptors (Lipinski definition) is 1. The lowest BCUT2D eigenvalue weighted by Crippen LogP contribution is -2.00. The van der Waals surface area contributed by atoms with E-state index in [1.807, 2.05) is 12.1 Å². The van der Waals surface area contributed by atoms with Gasteiger partial charge in [-0.2, -0.15) is 0 Å². The molecule has 5 rings (SSSR count). The number of nitrogens with one attached hydrogen (secondary N) is 1. The van der Waals surface area contributed by atoms with E-state index in [9.17, 15) is 0 Å². The largest absolute Gasteiger partial charge is 0.380 e. The first-order valence-corrected chi connectivity index (χ1v) is 10.7. The van der Waals surface area contributed by atoms with Crippen molar-refractivity contribution in [3.8, 4) is 0 Å². The quantitative estimate of drug-likeness (QED) is 0.301. The zero-order valence-electron chi connectivity index (χ0n) is 16.3. The Kier molecular flexibility index (Phi) is 5.12. The van der Waals surface area contributed by atoms with E-state index in [0.29, 0.717) is 16.6 Å². The fourth-order valence-corrected chi connectivity index (χ4v) is 4.47. The van der Waals surface area contributed by atoms with Gasteiger partial charge >= 0.3 is 0 Å². The molecule has 30 heavy (non-hydrogen) atoms. The van der Waals surface area contributed by atoms with Crippen molar-refractivity contribution < 1.29 is 0 Å². The molecule has 0 aliphatic carbocycles. The topological polar surface area (TPSA) is 17.0 Å². The highest BCUT2D eigenvalue weighted by Gasteiger charge is 2.11. The van der Waals surface area contributed by atoms with Crippen molar-refractivity contribution in [1.29, 1.82) is 0 Å². The van der Waals surface area contributed by atoms with Gasteiger partial charge in [-0.15, -0.1) is 0 Å². The predicted molar refractivity (Wildman–Crippen MR) is 129 cm³/mol. The first-order chi connectivity index (χ1) is 14.7. The van der Waals surface area contributed by atoms with Crippen molar-refractivity contribution in [2.75, 3.05) is 5.32 Å². The van der Waals surface area contributed by atoms with Gasteiger partial charge in [0.25, 0.3) is 0 Å². The molecule has 0 atom stereocenters. The summed E-state index contributed by atoms with van der Waals surface area (Å²) < 4.78 is 2.25. The van der Waals surface area contributed by atoms with Gasteiger partial charge in [0.2, 0.25) is 0 Å². The lowest BCUT2D eigenvalue weighted by molar-refractivity contribution is 0.831. The summed E-state index contributed by atoms with van der Waals surface area (Å²) in [6.07, 6.45) is 2.22. The van der Waals surface area contributed by atoms with Gasteiger partial charge in [-0.3, -0.25) is 0 Å². The summed E-state index contributed by atoms with van der Waals surface area (Å²) >= 11 is 12.5. The molecule has 148 valence electrons. The molecule has 1 aromatic heterocycles. The molecule has 1 heterocycles. The molecule has 0 unspecified atom stereocenters. The Balaban J connectivity index is 1.48. The predicted octanol–water partition coefficient (Wildman–Crippen LogP) is 7.76. The van der Waals surface area contributed by atoms with Crippen molar-refractivity contribution in [2.45, 2.75) is 13.1 Å². The van der Waals surface area contributed by atoms with E-state index in [4.69, 9.17) is 23.2 Å². The van der Waals surface area contributed by atoms with Crippen LogP contribution in [-0.2, 0) is 13.1 Å². The molecule has 0 saturated carbocycles. The van der Waals surface area contributed by atoms with E-state index in [2.05, 4.69) is 82.8 Å². The molecule has 0 saturated heterocycles. The van der Waals surface area contributed by atoms with Crippen LogP contribution in [0.3, 0.4) is 0 Å². The Hall–Kier alpha value is -2.94. The van der Waals surface area contributed by atoms with Crippen LogP contribution < -0.4 is 5.32 Å². The summed E-state index contributed by atoms with van der Waals surface area (Å²) in [5.41, 5.74) is 4.64. The summed E-state index contributed by atoms with van der Waals surface area (Å²) in [7, 11) is 0. The maximum absolute atomic E-state index is 6.42. The van der Waals surface area contributed by atoms with Gasteiger partial charge in [0.05, 0.1) is 0 Å². The molecule has 4 heteroatoms. The fourth-order valence-electron chi connectivity index (χ4n) is 4.00. The summed E-state index contributed by atoms with van der Waals surface area (Å²) in [6, 6.07) is 29.0. The number of hydrogen-bond donors (Lipinski definition) is 1. The highest BCUT2D eigenvalue weighted by Crippen LogP contribution is 2.28. The molecule has 0 fully saturated rings. The van der Waals surface area contributed by atoms with E-state index < -0.39 is 0 Å². The molecule has 0 aliphatic heterocycles. The second kappa shape index (κ2) is 8.06. The minimum absolute atomic E-state index is 0.654. The minimum atomic E-state index is 0.654. The summed E-state index contributed by atoms with van der Waals surface area (Å²) in [5, 5.41) is 8.70. The molecule has 0 aliphatic rings. The van der Waals surface area contributed by atoms with Gasteiger partial charge in [-0.1, -0.05) is 83.9 Å². The highest BCUT2D eigenvalue weighted by atomic mass is 35.5. The van der Waals surface area contributed by atoms with Crippen LogP contribution in [0.2, 0.25) is 10.0 Å². The smallest absolute Gasteiger partial charge is 0.0491 e. The Labute approximate surface area is 185 Å². The zero-order valence-corrected chi connectivity index (χ0v) is 17.8. The molecular weight excluding hydrogens is 411 g/mol. The third-order valence-corrected chi connectivity index (χ3v) is 6.07. The van der Waals surface area contributed by atoms with E-state index in [1.165, 1.54) is 27.2 Å². The lowest BCUT2D eigenvalue weighted by atomic mass is 10.1. The number of benzene rings is 4. The molecule has 5 aromatic rings. The number of para-hydroxylation sites is 1. The molecule has 0 bridgehead atoms.